The number of fused-ring (bicyclic) bond motifs is 1. The van der Waals surface area contributed by atoms with Gasteiger partial charge in [0.05, 0.1) is 16.8 Å². The van der Waals surface area contributed by atoms with Crippen LogP contribution in [0.4, 0.5) is 0 Å². The summed E-state index contributed by atoms with van der Waals surface area (Å²) in [5.41, 5.74) is 4.02. The maximum Gasteiger partial charge on any atom is 0.230 e. The molecule has 5 heteroatoms. The van der Waals surface area contributed by atoms with Crippen molar-refractivity contribution in [2.24, 2.45) is 0 Å². The highest BCUT2D eigenvalue weighted by Gasteiger charge is 2.17. The fourth-order valence-corrected chi connectivity index (χ4v) is 3.46. The Hall–Kier alpha value is -2.27. The molecule has 0 saturated heterocycles. The van der Waals surface area contributed by atoms with Gasteiger partial charge < -0.3 is 5.32 Å². The second-order valence-corrected chi connectivity index (χ2v) is 8.08. The minimum absolute atomic E-state index is 0.0139. The normalized spacial score (nSPS) is 11.7. The molecule has 1 heterocycles. The van der Waals surface area contributed by atoms with Crippen molar-refractivity contribution in [2.45, 2.75) is 38.4 Å². The molecule has 3 rings (SSSR count). The predicted octanol–water partition coefficient (Wildman–Crippen LogP) is 4.34. The molecule has 0 saturated carbocycles. The Kier molecular flexibility index (Phi) is 4.86. The monoisotopic (exact) mass is 353 g/mol. The average Bonchev–Trinajstić information content (AvgIpc) is 2.90. The van der Waals surface area contributed by atoms with Crippen molar-refractivity contribution in [3.63, 3.8) is 0 Å². The summed E-state index contributed by atoms with van der Waals surface area (Å²) in [4.78, 5) is 16.9. The molecule has 0 aliphatic heterocycles. The summed E-state index contributed by atoms with van der Waals surface area (Å²) in [6, 6.07) is 16.4. The standard InChI is InChI=1S/C20H23N3OS/c1-14-9-11-15(12-10-14)23-17-8-6-5-7-16(17)21-19(23)25-13-18(24)22-20(2,3)4/h5-12H,13H2,1-4H3,(H,22,24). The van der Waals surface area contributed by atoms with Gasteiger partial charge in [0.25, 0.3) is 0 Å². The van der Waals surface area contributed by atoms with Crippen LogP contribution in [0, 0.1) is 6.92 Å². The van der Waals surface area contributed by atoms with Gasteiger partial charge in [-0.3, -0.25) is 9.36 Å². The highest BCUT2D eigenvalue weighted by atomic mass is 32.2. The minimum atomic E-state index is -0.227. The lowest BCUT2D eigenvalue weighted by Crippen LogP contribution is -2.41. The van der Waals surface area contributed by atoms with E-state index in [1.807, 2.05) is 39.0 Å². The molecular weight excluding hydrogens is 330 g/mol. The van der Waals surface area contributed by atoms with Crippen LogP contribution in [-0.2, 0) is 4.79 Å². The highest BCUT2D eigenvalue weighted by Crippen LogP contribution is 2.28. The Labute approximate surface area is 152 Å². The van der Waals surface area contributed by atoms with Gasteiger partial charge in [-0.15, -0.1) is 0 Å². The smallest absolute Gasteiger partial charge is 0.230 e. The number of hydrogen-bond donors (Lipinski definition) is 1. The van der Waals surface area contributed by atoms with Gasteiger partial charge in [0.15, 0.2) is 5.16 Å². The van der Waals surface area contributed by atoms with Crippen LogP contribution in [0.5, 0.6) is 0 Å². The summed E-state index contributed by atoms with van der Waals surface area (Å²) < 4.78 is 2.11. The molecule has 0 atom stereocenters. The van der Waals surface area contributed by atoms with E-state index in [2.05, 4.69) is 47.1 Å². The predicted molar refractivity (Wildman–Crippen MR) is 104 cm³/mol. The Morgan fingerprint density at radius 2 is 1.80 bits per heavy atom. The minimum Gasteiger partial charge on any atom is -0.351 e. The van der Waals surface area contributed by atoms with Crippen LogP contribution >= 0.6 is 11.8 Å². The lowest BCUT2D eigenvalue weighted by Gasteiger charge is -2.20. The first-order valence-electron chi connectivity index (χ1n) is 8.32. The lowest BCUT2D eigenvalue weighted by atomic mass is 10.1. The summed E-state index contributed by atoms with van der Waals surface area (Å²) in [5, 5.41) is 3.82. The van der Waals surface area contributed by atoms with E-state index in [9.17, 15) is 4.79 Å². The van der Waals surface area contributed by atoms with Crippen LogP contribution in [0.2, 0.25) is 0 Å². The zero-order valence-corrected chi connectivity index (χ0v) is 15.9. The van der Waals surface area contributed by atoms with E-state index >= 15 is 0 Å². The summed E-state index contributed by atoms with van der Waals surface area (Å²) in [6.07, 6.45) is 0. The van der Waals surface area contributed by atoms with E-state index in [1.54, 1.807) is 0 Å². The Bertz CT molecular complexity index is 891. The molecule has 1 aromatic heterocycles. The second-order valence-electron chi connectivity index (χ2n) is 7.14. The third-order valence-corrected chi connectivity index (χ3v) is 4.61. The number of hydrogen-bond acceptors (Lipinski definition) is 3. The molecular formula is C20H23N3OS. The van der Waals surface area contributed by atoms with E-state index in [0.29, 0.717) is 5.75 Å². The van der Waals surface area contributed by atoms with Gasteiger partial charge in [0.2, 0.25) is 5.91 Å². The fourth-order valence-electron chi connectivity index (χ4n) is 2.63. The molecule has 0 radical (unpaired) electrons. The van der Waals surface area contributed by atoms with Crippen molar-refractivity contribution in [3.8, 4) is 5.69 Å². The number of thioether (sulfide) groups is 1. The van der Waals surface area contributed by atoms with E-state index in [4.69, 9.17) is 4.98 Å². The summed E-state index contributed by atoms with van der Waals surface area (Å²) >= 11 is 1.46. The molecule has 4 nitrogen and oxygen atoms in total. The molecule has 0 bridgehead atoms. The van der Waals surface area contributed by atoms with Gasteiger partial charge in [-0.05, 0) is 52.0 Å². The van der Waals surface area contributed by atoms with Gasteiger partial charge in [-0.1, -0.05) is 41.6 Å². The Morgan fingerprint density at radius 1 is 1.12 bits per heavy atom. The first kappa shape index (κ1) is 17.5. The summed E-state index contributed by atoms with van der Waals surface area (Å²) in [5.74, 6) is 0.354. The summed E-state index contributed by atoms with van der Waals surface area (Å²) in [7, 11) is 0. The topological polar surface area (TPSA) is 46.9 Å². The summed E-state index contributed by atoms with van der Waals surface area (Å²) in [6.45, 7) is 8.02. The third-order valence-electron chi connectivity index (χ3n) is 3.67. The Balaban J connectivity index is 1.93. The van der Waals surface area contributed by atoms with Crippen LogP contribution in [-0.4, -0.2) is 26.8 Å². The zero-order chi connectivity index (χ0) is 18.0. The second kappa shape index (κ2) is 6.92. The fraction of sp³-hybridized carbons (Fsp3) is 0.300. The molecule has 130 valence electrons. The van der Waals surface area contributed by atoms with Crippen molar-refractivity contribution < 1.29 is 4.79 Å². The van der Waals surface area contributed by atoms with Gasteiger partial charge in [0.1, 0.15) is 0 Å². The van der Waals surface area contributed by atoms with Crippen LogP contribution in [0.1, 0.15) is 26.3 Å². The maximum absolute atomic E-state index is 12.2. The molecule has 25 heavy (non-hydrogen) atoms. The number of aromatic nitrogens is 2. The highest BCUT2D eigenvalue weighted by molar-refractivity contribution is 7.99. The molecule has 2 aromatic carbocycles. The Morgan fingerprint density at radius 3 is 2.48 bits per heavy atom. The first-order valence-corrected chi connectivity index (χ1v) is 9.30. The lowest BCUT2D eigenvalue weighted by molar-refractivity contribution is -0.119. The number of nitrogens with one attached hydrogen (secondary N) is 1. The molecule has 0 aliphatic rings. The molecule has 0 aliphatic carbocycles. The van der Waals surface area contributed by atoms with Gasteiger partial charge in [-0.25, -0.2) is 4.98 Å². The van der Waals surface area contributed by atoms with Crippen molar-refractivity contribution in [3.05, 3.63) is 54.1 Å². The van der Waals surface area contributed by atoms with E-state index in [0.717, 1.165) is 21.9 Å². The average molecular weight is 353 g/mol. The maximum atomic E-state index is 12.2. The quantitative estimate of drug-likeness (QED) is 0.710. The van der Waals surface area contributed by atoms with Crippen LogP contribution in [0.3, 0.4) is 0 Å². The van der Waals surface area contributed by atoms with Crippen molar-refractivity contribution >= 4 is 28.7 Å². The van der Waals surface area contributed by atoms with Gasteiger partial charge >= 0.3 is 0 Å². The number of benzene rings is 2. The SMILES string of the molecule is Cc1ccc(-n2c(SCC(=O)NC(C)(C)C)nc3ccccc32)cc1. The van der Waals surface area contributed by atoms with E-state index < -0.39 is 0 Å². The first-order chi connectivity index (χ1) is 11.8. The molecule has 0 unspecified atom stereocenters. The van der Waals surface area contributed by atoms with E-state index in [-0.39, 0.29) is 11.4 Å². The number of aryl methyl sites for hydroxylation is 1. The largest absolute Gasteiger partial charge is 0.351 e. The third kappa shape index (κ3) is 4.23. The van der Waals surface area contributed by atoms with Crippen molar-refractivity contribution in [1.82, 2.24) is 14.9 Å². The molecule has 1 N–H and O–H groups in total. The van der Waals surface area contributed by atoms with Crippen LogP contribution in [0.25, 0.3) is 16.7 Å². The number of nitrogens with zero attached hydrogens (tertiary/aromatic N) is 2. The molecule has 3 aromatic rings. The zero-order valence-electron chi connectivity index (χ0n) is 15.0. The number of carbonyl (C=O) groups excluding carboxylic acids is 1. The van der Waals surface area contributed by atoms with Gasteiger partial charge in [-0.2, -0.15) is 0 Å². The molecule has 1 amide bonds. The number of carbonyl (C=O) groups is 1. The van der Waals surface area contributed by atoms with Crippen LogP contribution in [0.15, 0.2) is 53.7 Å². The van der Waals surface area contributed by atoms with Crippen molar-refractivity contribution in [2.75, 3.05) is 5.75 Å². The molecule has 0 fully saturated rings. The van der Waals surface area contributed by atoms with Gasteiger partial charge in [0, 0.05) is 11.2 Å². The number of rotatable bonds is 4. The van der Waals surface area contributed by atoms with Crippen molar-refractivity contribution in [1.29, 1.82) is 0 Å². The molecule has 0 spiro atoms. The number of amides is 1. The van der Waals surface area contributed by atoms with E-state index in [1.165, 1.54) is 17.3 Å². The number of para-hydroxylation sites is 2. The number of imidazole rings is 1. The van der Waals surface area contributed by atoms with Crippen LogP contribution < -0.4 is 5.32 Å².